The number of anilines is 1. The van der Waals surface area contributed by atoms with Crippen LogP contribution in [0.25, 0.3) is 0 Å². The van der Waals surface area contributed by atoms with E-state index in [4.69, 9.17) is 0 Å². The number of nitrogens with zero attached hydrogens (tertiary/aromatic N) is 4. The Morgan fingerprint density at radius 2 is 1.95 bits per heavy atom. The predicted molar refractivity (Wildman–Crippen MR) is 72.9 cm³/mol. The standard InChI is InChI=1S/C14H18N4O/c1-10-8-11(2)16-14(13(10)9-15)18-6-4-17(5-7-18)12(3)19/h8H,4-7H2,1-3H3. The highest BCUT2D eigenvalue weighted by molar-refractivity contribution is 5.73. The lowest BCUT2D eigenvalue weighted by atomic mass is 10.1. The summed E-state index contributed by atoms with van der Waals surface area (Å²) in [5.41, 5.74) is 2.52. The van der Waals surface area contributed by atoms with Crippen LogP contribution in [0.1, 0.15) is 23.7 Å². The molecule has 0 atom stereocenters. The van der Waals surface area contributed by atoms with Crippen molar-refractivity contribution >= 4 is 11.7 Å². The van der Waals surface area contributed by atoms with E-state index in [2.05, 4.69) is 16.0 Å². The van der Waals surface area contributed by atoms with Crippen LogP contribution in [0.15, 0.2) is 6.07 Å². The number of hydrogen-bond donors (Lipinski definition) is 0. The van der Waals surface area contributed by atoms with Gasteiger partial charge in [-0.15, -0.1) is 0 Å². The Hall–Kier alpha value is -2.09. The summed E-state index contributed by atoms with van der Waals surface area (Å²) in [4.78, 5) is 19.7. The van der Waals surface area contributed by atoms with E-state index in [-0.39, 0.29) is 5.91 Å². The fourth-order valence-corrected chi connectivity index (χ4v) is 2.42. The molecule has 1 fully saturated rings. The van der Waals surface area contributed by atoms with Crippen LogP contribution in [0.2, 0.25) is 0 Å². The number of aryl methyl sites for hydroxylation is 2. The van der Waals surface area contributed by atoms with Gasteiger partial charge in [0.2, 0.25) is 5.91 Å². The van der Waals surface area contributed by atoms with Crippen molar-refractivity contribution in [2.45, 2.75) is 20.8 Å². The summed E-state index contributed by atoms with van der Waals surface area (Å²) >= 11 is 0. The lowest BCUT2D eigenvalue weighted by Crippen LogP contribution is -2.48. The maximum atomic E-state index is 11.3. The first-order valence-corrected chi connectivity index (χ1v) is 6.41. The number of carbonyl (C=O) groups is 1. The minimum atomic E-state index is 0.105. The first-order chi connectivity index (χ1) is 9.02. The molecular formula is C14H18N4O. The van der Waals surface area contributed by atoms with Crippen molar-refractivity contribution in [1.29, 1.82) is 5.26 Å². The zero-order chi connectivity index (χ0) is 14.0. The first kappa shape index (κ1) is 13.3. The highest BCUT2D eigenvalue weighted by atomic mass is 16.2. The molecule has 0 bridgehead atoms. The summed E-state index contributed by atoms with van der Waals surface area (Å²) in [5.74, 6) is 0.858. The van der Waals surface area contributed by atoms with Gasteiger partial charge in [-0.3, -0.25) is 4.79 Å². The van der Waals surface area contributed by atoms with Crippen molar-refractivity contribution in [2.75, 3.05) is 31.1 Å². The quantitative estimate of drug-likeness (QED) is 0.760. The molecule has 5 nitrogen and oxygen atoms in total. The van der Waals surface area contributed by atoms with Crippen LogP contribution in [0.4, 0.5) is 5.82 Å². The van der Waals surface area contributed by atoms with Gasteiger partial charge in [-0.05, 0) is 25.5 Å². The van der Waals surface area contributed by atoms with E-state index in [1.54, 1.807) is 6.92 Å². The lowest BCUT2D eigenvalue weighted by molar-refractivity contribution is -0.129. The monoisotopic (exact) mass is 258 g/mol. The fraction of sp³-hybridized carbons (Fsp3) is 0.500. The van der Waals surface area contributed by atoms with Crippen molar-refractivity contribution in [3.8, 4) is 6.07 Å². The van der Waals surface area contributed by atoms with Crippen LogP contribution in [0.5, 0.6) is 0 Å². The normalized spacial score (nSPS) is 15.3. The fourth-order valence-electron chi connectivity index (χ4n) is 2.42. The Morgan fingerprint density at radius 1 is 1.32 bits per heavy atom. The number of carbonyl (C=O) groups excluding carboxylic acids is 1. The van der Waals surface area contributed by atoms with E-state index in [9.17, 15) is 10.1 Å². The summed E-state index contributed by atoms with van der Waals surface area (Å²) in [6.07, 6.45) is 0. The van der Waals surface area contributed by atoms with Gasteiger partial charge in [0.25, 0.3) is 0 Å². The Morgan fingerprint density at radius 3 is 2.47 bits per heavy atom. The number of rotatable bonds is 1. The molecule has 1 amide bonds. The van der Waals surface area contributed by atoms with Crippen molar-refractivity contribution in [3.05, 3.63) is 22.9 Å². The molecule has 0 radical (unpaired) electrons. The smallest absolute Gasteiger partial charge is 0.219 e. The largest absolute Gasteiger partial charge is 0.352 e. The molecule has 0 unspecified atom stereocenters. The molecule has 0 N–H and O–H groups in total. The van der Waals surface area contributed by atoms with Crippen LogP contribution in [0, 0.1) is 25.2 Å². The minimum Gasteiger partial charge on any atom is -0.352 e. The molecule has 2 rings (SSSR count). The number of nitriles is 1. The van der Waals surface area contributed by atoms with Crippen LogP contribution in [-0.4, -0.2) is 42.0 Å². The number of piperazine rings is 1. The summed E-state index contributed by atoms with van der Waals surface area (Å²) in [7, 11) is 0. The second-order valence-corrected chi connectivity index (χ2v) is 4.88. The van der Waals surface area contributed by atoms with Gasteiger partial charge in [0.1, 0.15) is 11.9 Å². The van der Waals surface area contributed by atoms with Crippen LogP contribution in [-0.2, 0) is 4.79 Å². The van der Waals surface area contributed by atoms with E-state index in [1.165, 1.54) is 0 Å². The lowest BCUT2D eigenvalue weighted by Gasteiger charge is -2.35. The molecular weight excluding hydrogens is 240 g/mol. The van der Waals surface area contributed by atoms with Crippen LogP contribution in [0.3, 0.4) is 0 Å². The van der Waals surface area contributed by atoms with Gasteiger partial charge in [-0.25, -0.2) is 4.98 Å². The Balaban J connectivity index is 2.25. The number of hydrogen-bond acceptors (Lipinski definition) is 4. The second-order valence-electron chi connectivity index (χ2n) is 4.88. The summed E-state index contributed by atoms with van der Waals surface area (Å²) in [6, 6.07) is 4.16. The molecule has 1 aromatic heterocycles. The van der Waals surface area contributed by atoms with Gasteiger partial charge in [0.15, 0.2) is 0 Å². The summed E-state index contributed by atoms with van der Waals surface area (Å²) < 4.78 is 0. The maximum absolute atomic E-state index is 11.3. The van der Waals surface area contributed by atoms with Crippen molar-refractivity contribution < 1.29 is 4.79 Å². The third kappa shape index (κ3) is 2.68. The van der Waals surface area contributed by atoms with Crippen LogP contribution >= 0.6 is 0 Å². The molecule has 100 valence electrons. The van der Waals surface area contributed by atoms with E-state index in [1.807, 2.05) is 24.8 Å². The van der Waals surface area contributed by atoms with E-state index < -0.39 is 0 Å². The molecule has 0 aromatic carbocycles. The number of aromatic nitrogens is 1. The summed E-state index contributed by atoms with van der Waals surface area (Å²) in [5, 5.41) is 9.28. The van der Waals surface area contributed by atoms with Crippen molar-refractivity contribution in [3.63, 3.8) is 0 Å². The van der Waals surface area contributed by atoms with Crippen LogP contribution < -0.4 is 4.90 Å². The molecule has 1 saturated heterocycles. The van der Waals surface area contributed by atoms with Gasteiger partial charge >= 0.3 is 0 Å². The third-order valence-corrected chi connectivity index (χ3v) is 3.46. The highest BCUT2D eigenvalue weighted by Gasteiger charge is 2.22. The molecule has 1 aliphatic rings. The van der Waals surface area contributed by atoms with Crippen molar-refractivity contribution in [2.24, 2.45) is 0 Å². The average Bonchev–Trinajstić information content (AvgIpc) is 2.38. The van der Waals surface area contributed by atoms with Gasteiger partial charge in [0.05, 0.1) is 5.56 Å². The molecule has 5 heteroatoms. The topological polar surface area (TPSA) is 60.2 Å². The minimum absolute atomic E-state index is 0.105. The number of amides is 1. The second kappa shape index (κ2) is 5.27. The Kier molecular flexibility index (Phi) is 3.70. The summed E-state index contributed by atoms with van der Waals surface area (Å²) in [6.45, 7) is 8.29. The van der Waals surface area contributed by atoms with Gasteiger partial charge in [-0.2, -0.15) is 5.26 Å². The van der Waals surface area contributed by atoms with Gasteiger partial charge in [0, 0.05) is 38.8 Å². The zero-order valence-electron chi connectivity index (χ0n) is 11.6. The molecule has 1 aromatic rings. The zero-order valence-corrected chi connectivity index (χ0v) is 11.6. The van der Waals surface area contributed by atoms with E-state index >= 15 is 0 Å². The van der Waals surface area contributed by atoms with Gasteiger partial charge < -0.3 is 9.80 Å². The van der Waals surface area contributed by atoms with E-state index in [0.29, 0.717) is 18.7 Å². The SMILES string of the molecule is CC(=O)N1CCN(c2nc(C)cc(C)c2C#N)CC1. The van der Waals surface area contributed by atoms with Gasteiger partial charge in [-0.1, -0.05) is 0 Å². The predicted octanol–water partition coefficient (Wildman–Crippen LogP) is 1.24. The van der Waals surface area contributed by atoms with Crippen molar-refractivity contribution in [1.82, 2.24) is 9.88 Å². The average molecular weight is 258 g/mol. The molecule has 1 aliphatic heterocycles. The maximum Gasteiger partial charge on any atom is 0.219 e. The molecule has 0 saturated carbocycles. The third-order valence-electron chi connectivity index (χ3n) is 3.46. The number of pyridine rings is 1. The molecule has 19 heavy (non-hydrogen) atoms. The molecule has 2 heterocycles. The van der Waals surface area contributed by atoms with E-state index in [0.717, 1.165) is 30.2 Å². The Bertz CT molecular complexity index is 539. The molecule has 0 aliphatic carbocycles. The molecule has 0 spiro atoms. The first-order valence-electron chi connectivity index (χ1n) is 6.41. The Labute approximate surface area is 113 Å². The highest BCUT2D eigenvalue weighted by Crippen LogP contribution is 2.22.